The highest BCUT2D eigenvalue weighted by molar-refractivity contribution is 6.30. The van der Waals surface area contributed by atoms with Crippen LogP contribution in [0.4, 0.5) is 0 Å². The summed E-state index contributed by atoms with van der Waals surface area (Å²) in [5.41, 5.74) is 4.78. The van der Waals surface area contributed by atoms with E-state index < -0.39 is 0 Å². The van der Waals surface area contributed by atoms with Gasteiger partial charge in [0.05, 0.1) is 0 Å². The Morgan fingerprint density at radius 3 is 1.55 bits per heavy atom. The molecule has 0 unspecified atom stereocenters. The summed E-state index contributed by atoms with van der Waals surface area (Å²) >= 11 is 6.08. The van der Waals surface area contributed by atoms with Gasteiger partial charge in [-0.15, -0.1) is 0 Å². The van der Waals surface area contributed by atoms with E-state index in [2.05, 4.69) is 29.4 Å². The van der Waals surface area contributed by atoms with E-state index in [9.17, 15) is 0 Å². The van der Waals surface area contributed by atoms with E-state index in [1.165, 1.54) is 0 Å². The lowest BCUT2D eigenvalue weighted by Gasteiger charge is -2.17. The Morgan fingerprint density at radius 1 is 0.586 bits per heavy atom. The maximum absolute atomic E-state index is 6.17. The third kappa shape index (κ3) is 4.74. The molecular formula is C26H20ClNO. The van der Waals surface area contributed by atoms with E-state index in [4.69, 9.17) is 16.4 Å². The largest absolute Gasteiger partial charge is 0.382 e. The fourth-order valence-electron chi connectivity index (χ4n) is 3.15. The maximum Gasteiger partial charge on any atom is 0.177 e. The molecule has 0 N–H and O–H groups in total. The first-order chi connectivity index (χ1) is 14.3. The summed E-state index contributed by atoms with van der Waals surface area (Å²) in [4.78, 5) is 6.17. The summed E-state index contributed by atoms with van der Waals surface area (Å²) in [7, 11) is 0. The van der Waals surface area contributed by atoms with Gasteiger partial charge in [0.25, 0.3) is 0 Å². The first kappa shape index (κ1) is 19.0. The van der Waals surface area contributed by atoms with Crippen LogP contribution in [0.3, 0.4) is 0 Å². The third-order valence-electron chi connectivity index (χ3n) is 4.62. The Labute approximate surface area is 176 Å². The van der Waals surface area contributed by atoms with Gasteiger partial charge in [0, 0.05) is 16.1 Å². The molecule has 0 saturated carbocycles. The van der Waals surface area contributed by atoms with E-state index in [0.717, 1.165) is 28.0 Å². The van der Waals surface area contributed by atoms with Gasteiger partial charge in [0.2, 0.25) is 0 Å². The van der Waals surface area contributed by atoms with Gasteiger partial charge in [-0.1, -0.05) is 120 Å². The number of rotatable bonds is 6. The van der Waals surface area contributed by atoms with Crippen LogP contribution in [0.2, 0.25) is 5.02 Å². The average molecular weight is 398 g/mol. The molecule has 0 amide bonds. The van der Waals surface area contributed by atoms with Crippen LogP contribution >= 0.6 is 11.6 Å². The predicted octanol–water partition coefficient (Wildman–Crippen LogP) is 6.90. The van der Waals surface area contributed by atoms with E-state index >= 15 is 0 Å². The van der Waals surface area contributed by atoms with Crippen LogP contribution in [-0.2, 0) is 4.84 Å². The molecule has 0 bridgehead atoms. The molecule has 0 heterocycles. The molecule has 0 aliphatic heterocycles. The zero-order valence-corrected chi connectivity index (χ0v) is 16.5. The summed E-state index contributed by atoms with van der Waals surface area (Å²) < 4.78 is 0. The summed E-state index contributed by atoms with van der Waals surface area (Å²) in [6.07, 6.45) is -0.302. The number of hydrogen-bond acceptors (Lipinski definition) is 2. The van der Waals surface area contributed by atoms with Gasteiger partial charge in [0.15, 0.2) is 6.10 Å². The number of nitrogens with zero attached hydrogens (tertiary/aromatic N) is 1. The molecule has 0 fully saturated rings. The fourth-order valence-corrected chi connectivity index (χ4v) is 3.28. The van der Waals surface area contributed by atoms with Crippen LogP contribution in [-0.4, -0.2) is 5.71 Å². The van der Waals surface area contributed by atoms with Gasteiger partial charge in [-0.2, -0.15) is 0 Å². The summed E-state index contributed by atoms with van der Waals surface area (Å²) in [6.45, 7) is 0. The quantitative estimate of drug-likeness (QED) is 0.256. The molecule has 29 heavy (non-hydrogen) atoms. The van der Waals surface area contributed by atoms with Crippen molar-refractivity contribution < 1.29 is 4.84 Å². The Balaban J connectivity index is 1.75. The zero-order valence-electron chi connectivity index (χ0n) is 15.8. The molecule has 4 rings (SSSR count). The van der Waals surface area contributed by atoms with Crippen LogP contribution in [0, 0.1) is 0 Å². The van der Waals surface area contributed by atoms with Crippen LogP contribution in [0.5, 0.6) is 0 Å². The van der Waals surface area contributed by atoms with Crippen molar-refractivity contribution in [1.82, 2.24) is 0 Å². The molecule has 0 aliphatic rings. The summed E-state index contributed by atoms with van der Waals surface area (Å²) in [6, 6.07) is 37.9. The second-order valence-corrected chi connectivity index (χ2v) is 7.06. The van der Waals surface area contributed by atoms with Crippen molar-refractivity contribution in [2.24, 2.45) is 5.16 Å². The standard InChI is InChI=1S/C26H20ClNO/c27-24-18-16-21(17-19-24)25(20-10-4-1-5-11-20)28-29-26(22-12-6-2-7-13-22)23-14-8-3-9-15-23/h1-19,26H/b28-25+. The van der Waals surface area contributed by atoms with E-state index in [1.54, 1.807) is 0 Å². The monoisotopic (exact) mass is 397 g/mol. The molecule has 0 spiro atoms. The molecular weight excluding hydrogens is 378 g/mol. The Kier molecular flexibility index (Phi) is 6.04. The molecule has 0 aromatic heterocycles. The number of halogens is 1. The Morgan fingerprint density at radius 2 is 1.03 bits per heavy atom. The van der Waals surface area contributed by atoms with Gasteiger partial charge in [-0.05, 0) is 23.3 Å². The van der Waals surface area contributed by atoms with Gasteiger partial charge >= 0.3 is 0 Å². The van der Waals surface area contributed by atoms with Crippen LogP contribution in [0.1, 0.15) is 28.4 Å². The lowest BCUT2D eigenvalue weighted by molar-refractivity contribution is 0.0877. The van der Waals surface area contributed by atoms with Crippen molar-refractivity contribution in [1.29, 1.82) is 0 Å². The van der Waals surface area contributed by atoms with Crippen molar-refractivity contribution >= 4 is 17.3 Å². The normalized spacial score (nSPS) is 11.4. The maximum atomic E-state index is 6.17. The highest BCUT2D eigenvalue weighted by Gasteiger charge is 2.16. The molecule has 4 aromatic rings. The molecule has 142 valence electrons. The molecule has 4 aromatic carbocycles. The van der Waals surface area contributed by atoms with Crippen LogP contribution in [0.25, 0.3) is 0 Å². The first-order valence-electron chi connectivity index (χ1n) is 9.46. The first-order valence-corrected chi connectivity index (χ1v) is 9.84. The SMILES string of the molecule is Clc1ccc(/C(=N/OC(c2ccccc2)c2ccccc2)c2ccccc2)cc1. The van der Waals surface area contributed by atoms with E-state index in [0.29, 0.717) is 5.02 Å². The average Bonchev–Trinajstić information content (AvgIpc) is 2.79. The van der Waals surface area contributed by atoms with Gasteiger partial charge in [0.1, 0.15) is 5.71 Å². The van der Waals surface area contributed by atoms with Gasteiger partial charge in [-0.25, -0.2) is 0 Å². The van der Waals surface area contributed by atoms with Crippen LogP contribution < -0.4 is 0 Å². The van der Waals surface area contributed by atoms with Crippen LogP contribution in [0.15, 0.2) is 120 Å². The number of oxime groups is 1. The lowest BCUT2D eigenvalue weighted by atomic mass is 10.0. The Bertz CT molecular complexity index is 1020. The van der Waals surface area contributed by atoms with Crippen molar-refractivity contribution in [3.8, 4) is 0 Å². The van der Waals surface area contributed by atoms with Crippen molar-refractivity contribution in [3.05, 3.63) is 143 Å². The second kappa shape index (κ2) is 9.22. The Hall–Kier alpha value is -3.36. The molecule has 2 nitrogen and oxygen atoms in total. The zero-order chi connectivity index (χ0) is 19.9. The molecule has 0 aliphatic carbocycles. The molecule has 0 atom stereocenters. The summed E-state index contributed by atoms with van der Waals surface area (Å²) in [5, 5.41) is 5.31. The van der Waals surface area contributed by atoms with E-state index in [-0.39, 0.29) is 6.10 Å². The minimum atomic E-state index is -0.302. The molecule has 0 saturated heterocycles. The van der Waals surface area contributed by atoms with Gasteiger partial charge in [-0.3, -0.25) is 0 Å². The third-order valence-corrected chi connectivity index (χ3v) is 4.87. The highest BCUT2D eigenvalue weighted by atomic mass is 35.5. The molecule has 0 radical (unpaired) electrons. The van der Waals surface area contributed by atoms with E-state index in [1.807, 2.05) is 91.0 Å². The summed E-state index contributed by atoms with van der Waals surface area (Å²) in [5.74, 6) is 0. The van der Waals surface area contributed by atoms with Crippen molar-refractivity contribution in [2.45, 2.75) is 6.10 Å². The van der Waals surface area contributed by atoms with Crippen molar-refractivity contribution in [3.63, 3.8) is 0 Å². The predicted molar refractivity (Wildman–Crippen MR) is 119 cm³/mol. The van der Waals surface area contributed by atoms with Crippen molar-refractivity contribution in [2.75, 3.05) is 0 Å². The highest BCUT2D eigenvalue weighted by Crippen LogP contribution is 2.27. The molecule has 3 heteroatoms. The minimum Gasteiger partial charge on any atom is -0.382 e. The topological polar surface area (TPSA) is 21.6 Å². The lowest BCUT2D eigenvalue weighted by Crippen LogP contribution is -2.08. The second-order valence-electron chi connectivity index (χ2n) is 6.62. The smallest absolute Gasteiger partial charge is 0.177 e. The van der Waals surface area contributed by atoms with Gasteiger partial charge < -0.3 is 4.84 Å². The fraction of sp³-hybridized carbons (Fsp3) is 0.0385. The minimum absolute atomic E-state index is 0.302. The number of hydrogen-bond donors (Lipinski definition) is 0. The number of benzene rings is 4.